The molecule has 196 valence electrons. The molecular weight excluding hydrogens is 517 g/mol. The molecule has 0 spiro atoms. The van der Waals surface area contributed by atoms with Gasteiger partial charge in [-0.25, -0.2) is 12.8 Å². The Bertz CT molecular complexity index is 1340. The van der Waals surface area contributed by atoms with Gasteiger partial charge in [0.15, 0.2) is 0 Å². The highest BCUT2D eigenvalue weighted by Crippen LogP contribution is 2.25. The van der Waals surface area contributed by atoms with Crippen LogP contribution in [0.3, 0.4) is 0 Å². The fourth-order valence-electron chi connectivity index (χ4n) is 3.65. The number of hydrogen-bond acceptors (Lipinski definition) is 4. The van der Waals surface area contributed by atoms with E-state index in [4.69, 9.17) is 11.6 Å². The van der Waals surface area contributed by atoms with Gasteiger partial charge in [0.1, 0.15) is 18.4 Å². The third-order valence-electron chi connectivity index (χ3n) is 5.62. The smallest absolute Gasteiger partial charge is 0.264 e. The van der Waals surface area contributed by atoms with E-state index >= 15 is 0 Å². The predicted molar refractivity (Wildman–Crippen MR) is 142 cm³/mol. The van der Waals surface area contributed by atoms with E-state index in [1.165, 1.54) is 54.3 Å². The van der Waals surface area contributed by atoms with Gasteiger partial charge < -0.3 is 10.2 Å². The molecule has 3 aromatic rings. The zero-order valence-corrected chi connectivity index (χ0v) is 22.3. The highest BCUT2D eigenvalue weighted by Gasteiger charge is 2.33. The van der Waals surface area contributed by atoms with Gasteiger partial charge in [0, 0.05) is 23.2 Å². The van der Waals surface area contributed by atoms with Crippen molar-refractivity contribution in [1.82, 2.24) is 10.2 Å². The predicted octanol–water partition coefficient (Wildman–Crippen LogP) is 4.62. The van der Waals surface area contributed by atoms with E-state index < -0.39 is 40.2 Å². The Labute approximate surface area is 221 Å². The number of rotatable bonds is 10. The second kappa shape index (κ2) is 12.2. The molecule has 3 aromatic carbocycles. The molecule has 0 heterocycles. The van der Waals surface area contributed by atoms with Crippen molar-refractivity contribution in [3.63, 3.8) is 0 Å². The summed E-state index contributed by atoms with van der Waals surface area (Å²) in [6, 6.07) is 18.5. The Balaban J connectivity index is 2.01. The Morgan fingerprint density at radius 2 is 1.51 bits per heavy atom. The summed E-state index contributed by atoms with van der Waals surface area (Å²) in [5.74, 6) is -1.65. The third kappa shape index (κ3) is 7.08. The van der Waals surface area contributed by atoms with Crippen molar-refractivity contribution in [3.05, 3.63) is 95.3 Å². The molecular formula is C27H29ClFN3O4S. The summed E-state index contributed by atoms with van der Waals surface area (Å²) in [4.78, 5) is 27.7. The Hall–Kier alpha value is -3.43. The summed E-state index contributed by atoms with van der Waals surface area (Å²) in [7, 11) is -4.19. The molecule has 0 aromatic heterocycles. The van der Waals surface area contributed by atoms with Gasteiger partial charge in [-0.1, -0.05) is 48.0 Å². The summed E-state index contributed by atoms with van der Waals surface area (Å²) in [5, 5.41) is 3.12. The van der Waals surface area contributed by atoms with E-state index in [1.54, 1.807) is 50.2 Å². The minimum Gasteiger partial charge on any atom is -0.352 e. The summed E-state index contributed by atoms with van der Waals surface area (Å²) in [5.41, 5.74) is 0.461. The van der Waals surface area contributed by atoms with Crippen molar-refractivity contribution in [2.45, 2.75) is 44.3 Å². The van der Waals surface area contributed by atoms with E-state index in [0.717, 1.165) is 4.31 Å². The molecule has 0 bridgehead atoms. The Morgan fingerprint density at radius 3 is 2.11 bits per heavy atom. The molecule has 3 rings (SSSR count). The van der Waals surface area contributed by atoms with E-state index in [9.17, 15) is 22.4 Å². The number of amides is 2. The van der Waals surface area contributed by atoms with E-state index in [-0.39, 0.29) is 28.7 Å². The maximum atomic E-state index is 14.5. The van der Waals surface area contributed by atoms with Crippen LogP contribution in [0.25, 0.3) is 0 Å². The normalized spacial score (nSPS) is 12.2. The average molecular weight is 546 g/mol. The van der Waals surface area contributed by atoms with Crippen LogP contribution < -0.4 is 9.62 Å². The highest BCUT2D eigenvalue weighted by molar-refractivity contribution is 7.92. The topological polar surface area (TPSA) is 86.8 Å². The Kier molecular flexibility index (Phi) is 9.29. The van der Waals surface area contributed by atoms with Crippen molar-refractivity contribution in [2.24, 2.45) is 0 Å². The van der Waals surface area contributed by atoms with Crippen molar-refractivity contribution in [2.75, 3.05) is 10.8 Å². The minimum absolute atomic E-state index is 0.0557. The quantitative estimate of drug-likeness (QED) is 0.403. The molecule has 0 aliphatic carbocycles. The van der Waals surface area contributed by atoms with Gasteiger partial charge in [-0.3, -0.25) is 13.9 Å². The van der Waals surface area contributed by atoms with Gasteiger partial charge in [-0.15, -0.1) is 0 Å². The molecule has 37 heavy (non-hydrogen) atoms. The number of benzene rings is 3. The van der Waals surface area contributed by atoms with Gasteiger partial charge in [0.25, 0.3) is 10.0 Å². The first-order valence-corrected chi connectivity index (χ1v) is 13.5. The first kappa shape index (κ1) is 28.1. The molecule has 0 aliphatic rings. The molecule has 0 saturated carbocycles. The summed E-state index contributed by atoms with van der Waals surface area (Å²) >= 11 is 5.94. The lowest BCUT2D eigenvalue weighted by atomic mass is 10.1. The van der Waals surface area contributed by atoms with Crippen molar-refractivity contribution >= 4 is 39.1 Å². The standard InChI is InChI=1S/C27H29ClFN3O4S/c1-19(2)30-27(34)20(3)31(17-21-9-7-8-12-25(21)29)26(33)18-32(23-10-5-4-6-11-23)37(35,36)24-15-13-22(28)14-16-24/h4-16,19-20H,17-18H2,1-3H3,(H,30,34)/t20-/m0/s1. The fraction of sp³-hybridized carbons (Fsp3) is 0.259. The Morgan fingerprint density at radius 1 is 0.919 bits per heavy atom. The number of sulfonamides is 1. The molecule has 0 aliphatic heterocycles. The zero-order chi connectivity index (χ0) is 27.2. The van der Waals surface area contributed by atoms with E-state index in [1.807, 2.05) is 0 Å². The van der Waals surface area contributed by atoms with Gasteiger partial charge in [-0.2, -0.15) is 0 Å². The number of para-hydroxylation sites is 1. The summed E-state index contributed by atoms with van der Waals surface area (Å²) in [6.45, 7) is 4.26. The van der Waals surface area contributed by atoms with Crippen LogP contribution in [0.15, 0.2) is 83.8 Å². The number of nitrogens with one attached hydrogen (secondary N) is 1. The summed E-state index contributed by atoms with van der Waals surface area (Å²) in [6.07, 6.45) is 0. The summed E-state index contributed by atoms with van der Waals surface area (Å²) < 4.78 is 42.7. The number of nitrogens with zero attached hydrogens (tertiary/aromatic N) is 2. The zero-order valence-electron chi connectivity index (χ0n) is 20.8. The molecule has 0 unspecified atom stereocenters. The highest BCUT2D eigenvalue weighted by atomic mass is 35.5. The first-order chi connectivity index (χ1) is 17.5. The number of carbonyl (C=O) groups is 2. The van der Waals surface area contributed by atoms with Crippen LogP contribution in [0.2, 0.25) is 5.02 Å². The van der Waals surface area contributed by atoms with Crippen molar-refractivity contribution in [1.29, 1.82) is 0 Å². The number of halogens is 2. The lowest BCUT2D eigenvalue weighted by molar-refractivity contribution is -0.139. The van der Waals surface area contributed by atoms with Crippen LogP contribution in [0.4, 0.5) is 10.1 Å². The van der Waals surface area contributed by atoms with Gasteiger partial charge in [0.05, 0.1) is 10.6 Å². The molecule has 0 fully saturated rings. The molecule has 0 saturated heterocycles. The monoisotopic (exact) mass is 545 g/mol. The second-order valence-corrected chi connectivity index (χ2v) is 11.1. The van der Waals surface area contributed by atoms with Crippen molar-refractivity contribution < 1.29 is 22.4 Å². The van der Waals surface area contributed by atoms with Crippen LogP contribution in [0.1, 0.15) is 26.3 Å². The first-order valence-electron chi connectivity index (χ1n) is 11.7. The second-order valence-electron chi connectivity index (χ2n) is 8.75. The number of anilines is 1. The van der Waals surface area contributed by atoms with Crippen LogP contribution in [-0.2, 0) is 26.2 Å². The van der Waals surface area contributed by atoms with Gasteiger partial charge in [0.2, 0.25) is 11.8 Å². The van der Waals surface area contributed by atoms with Crippen molar-refractivity contribution in [3.8, 4) is 0 Å². The van der Waals surface area contributed by atoms with Crippen LogP contribution >= 0.6 is 11.6 Å². The maximum Gasteiger partial charge on any atom is 0.264 e. The minimum atomic E-state index is -4.19. The number of hydrogen-bond donors (Lipinski definition) is 1. The van der Waals surface area contributed by atoms with E-state index in [0.29, 0.717) is 5.02 Å². The molecule has 2 amide bonds. The lowest BCUT2D eigenvalue weighted by Crippen LogP contribution is -2.52. The average Bonchev–Trinajstić information content (AvgIpc) is 2.86. The SMILES string of the molecule is CC(C)NC(=O)[C@H](C)N(Cc1ccccc1F)C(=O)CN(c1ccccc1)S(=O)(=O)c1ccc(Cl)cc1. The van der Waals surface area contributed by atoms with E-state index in [2.05, 4.69) is 5.32 Å². The largest absolute Gasteiger partial charge is 0.352 e. The van der Waals surface area contributed by atoms with Gasteiger partial charge in [-0.05, 0) is 63.2 Å². The fourth-order valence-corrected chi connectivity index (χ4v) is 5.19. The molecule has 1 N–H and O–H groups in total. The lowest BCUT2D eigenvalue weighted by Gasteiger charge is -2.32. The van der Waals surface area contributed by atoms with Crippen LogP contribution in [-0.4, -0.2) is 43.8 Å². The third-order valence-corrected chi connectivity index (χ3v) is 7.66. The van der Waals surface area contributed by atoms with Crippen LogP contribution in [0, 0.1) is 5.82 Å². The van der Waals surface area contributed by atoms with Crippen LogP contribution in [0.5, 0.6) is 0 Å². The molecule has 10 heteroatoms. The van der Waals surface area contributed by atoms with Gasteiger partial charge >= 0.3 is 0 Å². The molecule has 1 atom stereocenters. The molecule has 0 radical (unpaired) electrons. The number of carbonyl (C=O) groups excluding carboxylic acids is 2. The maximum absolute atomic E-state index is 14.5. The molecule has 7 nitrogen and oxygen atoms in total.